The summed E-state index contributed by atoms with van der Waals surface area (Å²) in [5, 5.41) is 0. The Balaban J connectivity index is 2.28. The Kier molecular flexibility index (Phi) is 4.49. The molecule has 1 aromatic rings. The Hall–Kier alpha value is -0.350. The lowest BCUT2D eigenvalue weighted by molar-refractivity contribution is 0.0700. The van der Waals surface area contributed by atoms with Gasteiger partial charge in [-0.3, -0.25) is 4.79 Å². The second kappa shape index (κ2) is 5.74. The van der Waals surface area contributed by atoms with Crippen molar-refractivity contribution in [2.45, 2.75) is 32.7 Å². The fourth-order valence-electron chi connectivity index (χ4n) is 2.55. The molecule has 0 radical (unpaired) electrons. The number of likely N-dealkylation sites (tertiary alicyclic amines) is 1. The van der Waals surface area contributed by atoms with Gasteiger partial charge in [-0.2, -0.15) is 0 Å². The van der Waals surface area contributed by atoms with Crippen molar-refractivity contribution in [3.63, 3.8) is 0 Å². The maximum absolute atomic E-state index is 12.6. The van der Waals surface area contributed by atoms with E-state index in [1.165, 1.54) is 0 Å². The first-order valence-electron chi connectivity index (χ1n) is 6.26. The predicted octanol–water partition coefficient (Wildman–Crippen LogP) is 4.47. The quantitative estimate of drug-likeness (QED) is 0.747. The largest absolute Gasteiger partial charge is 0.335 e. The van der Waals surface area contributed by atoms with Crippen LogP contribution in [0.4, 0.5) is 0 Å². The molecule has 1 heterocycles. The second-order valence-corrected chi connectivity index (χ2v) is 6.85. The van der Waals surface area contributed by atoms with Crippen molar-refractivity contribution >= 4 is 37.8 Å². The van der Waals surface area contributed by atoms with E-state index >= 15 is 0 Å². The fraction of sp³-hybridized carbons (Fsp3) is 0.500. The summed E-state index contributed by atoms with van der Waals surface area (Å²) in [5.74, 6) is 0.654. The van der Waals surface area contributed by atoms with Crippen molar-refractivity contribution in [3.05, 3.63) is 32.7 Å². The molecule has 0 spiro atoms. The van der Waals surface area contributed by atoms with E-state index in [4.69, 9.17) is 0 Å². The minimum atomic E-state index is 0.138. The molecule has 2 nitrogen and oxygen atoms in total. The molecule has 0 aromatic heterocycles. The van der Waals surface area contributed by atoms with Crippen molar-refractivity contribution in [1.82, 2.24) is 4.90 Å². The zero-order valence-electron chi connectivity index (χ0n) is 10.6. The van der Waals surface area contributed by atoms with Crippen LogP contribution in [0.1, 0.15) is 37.0 Å². The van der Waals surface area contributed by atoms with E-state index in [9.17, 15) is 4.79 Å². The van der Waals surface area contributed by atoms with Gasteiger partial charge in [-0.15, -0.1) is 0 Å². The molecule has 1 atom stereocenters. The van der Waals surface area contributed by atoms with E-state index in [0.29, 0.717) is 12.0 Å². The molecule has 1 amide bonds. The van der Waals surface area contributed by atoms with Gasteiger partial charge in [0, 0.05) is 21.5 Å². The molecule has 1 unspecified atom stereocenters. The van der Waals surface area contributed by atoms with Crippen LogP contribution in [-0.2, 0) is 0 Å². The fourth-order valence-corrected chi connectivity index (χ4v) is 3.33. The van der Waals surface area contributed by atoms with Crippen molar-refractivity contribution in [2.75, 3.05) is 6.54 Å². The first kappa shape index (κ1) is 14.1. The Labute approximate surface area is 125 Å². The standard InChI is InChI=1S/C14H17Br2NO/c1-9(2)13-4-3-7-17(13)14(18)11-8-10(15)5-6-12(11)16/h5-6,8-9,13H,3-4,7H2,1-2H3. The first-order valence-corrected chi connectivity index (χ1v) is 7.85. The number of nitrogens with zero attached hydrogens (tertiary/aromatic N) is 1. The van der Waals surface area contributed by atoms with Gasteiger partial charge in [-0.05, 0) is 52.9 Å². The summed E-state index contributed by atoms with van der Waals surface area (Å²) in [7, 11) is 0. The molecular formula is C14H17Br2NO. The van der Waals surface area contributed by atoms with Gasteiger partial charge >= 0.3 is 0 Å². The summed E-state index contributed by atoms with van der Waals surface area (Å²) >= 11 is 6.89. The smallest absolute Gasteiger partial charge is 0.255 e. The number of benzene rings is 1. The summed E-state index contributed by atoms with van der Waals surface area (Å²) in [4.78, 5) is 14.6. The Morgan fingerprint density at radius 2 is 2.11 bits per heavy atom. The van der Waals surface area contributed by atoms with E-state index in [1.54, 1.807) is 0 Å². The lowest BCUT2D eigenvalue weighted by Gasteiger charge is -2.28. The normalized spacial score (nSPS) is 19.6. The molecule has 1 aliphatic rings. The van der Waals surface area contributed by atoms with Crippen LogP contribution in [0.2, 0.25) is 0 Å². The van der Waals surface area contributed by atoms with Gasteiger partial charge in [0.05, 0.1) is 5.56 Å². The Bertz CT molecular complexity index is 459. The van der Waals surface area contributed by atoms with Crippen molar-refractivity contribution in [2.24, 2.45) is 5.92 Å². The van der Waals surface area contributed by atoms with E-state index in [2.05, 4.69) is 45.7 Å². The number of hydrogen-bond acceptors (Lipinski definition) is 1. The molecule has 0 aliphatic carbocycles. The van der Waals surface area contributed by atoms with E-state index < -0.39 is 0 Å². The summed E-state index contributed by atoms with van der Waals surface area (Å²) in [6, 6.07) is 6.12. The molecule has 98 valence electrons. The van der Waals surface area contributed by atoms with Gasteiger partial charge in [0.15, 0.2) is 0 Å². The average Bonchev–Trinajstić information content (AvgIpc) is 2.80. The summed E-state index contributed by atoms with van der Waals surface area (Å²) in [6.07, 6.45) is 2.23. The summed E-state index contributed by atoms with van der Waals surface area (Å²) < 4.78 is 1.81. The molecule has 1 saturated heterocycles. The second-order valence-electron chi connectivity index (χ2n) is 5.08. The predicted molar refractivity (Wildman–Crippen MR) is 80.7 cm³/mol. The number of carbonyl (C=O) groups excluding carboxylic acids is 1. The number of halogens is 2. The highest BCUT2D eigenvalue weighted by Crippen LogP contribution is 2.29. The monoisotopic (exact) mass is 373 g/mol. The van der Waals surface area contributed by atoms with Gasteiger partial charge in [0.2, 0.25) is 0 Å². The zero-order valence-corrected chi connectivity index (χ0v) is 13.8. The molecule has 0 N–H and O–H groups in total. The van der Waals surface area contributed by atoms with E-state index in [1.807, 2.05) is 23.1 Å². The van der Waals surface area contributed by atoms with Crippen molar-refractivity contribution in [3.8, 4) is 0 Å². The van der Waals surface area contributed by atoms with Crippen LogP contribution in [0.15, 0.2) is 27.1 Å². The first-order chi connectivity index (χ1) is 8.50. The lowest BCUT2D eigenvalue weighted by atomic mass is 10.0. The van der Waals surface area contributed by atoms with Gasteiger partial charge < -0.3 is 4.90 Å². The van der Waals surface area contributed by atoms with Crippen molar-refractivity contribution < 1.29 is 4.79 Å². The van der Waals surface area contributed by atoms with Crippen LogP contribution in [0.5, 0.6) is 0 Å². The van der Waals surface area contributed by atoms with Gasteiger partial charge in [0.25, 0.3) is 5.91 Å². The average molecular weight is 375 g/mol. The molecule has 1 aliphatic heterocycles. The number of hydrogen-bond donors (Lipinski definition) is 0. The van der Waals surface area contributed by atoms with Crippen LogP contribution in [0.3, 0.4) is 0 Å². The zero-order chi connectivity index (χ0) is 13.3. The Morgan fingerprint density at radius 3 is 2.78 bits per heavy atom. The van der Waals surface area contributed by atoms with Crippen molar-refractivity contribution in [1.29, 1.82) is 0 Å². The van der Waals surface area contributed by atoms with Crippen LogP contribution in [0, 0.1) is 5.92 Å². The van der Waals surface area contributed by atoms with Gasteiger partial charge in [-0.25, -0.2) is 0 Å². The third kappa shape index (κ3) is 2.80. The topological polar surface area (TPSA) is 20.3 Å². The molecule has 18 heavy (non-hydrogen) atoms. The maximum atomic E-state index is 12.6. The minimum Gasteiger partial charge on any atom is -0.335 e. The van der Waals surface area contributed by atoms with Crippen LogP contribution >= 0.6 is 31.9 Å². The molecule has 2 rings (SSSR count). The molecule has 1 fully saturated rings. The summed E-state index contributed by atoms with van der Waals surface area (Å²) in [5.41, 5.74) is 0.747. The maximum Gasteiger partial charge on any atom is 0.255 e. The SMILES string of the molecule is CC(C)C1CCCN1C(=O)c1cc(Br)ccc1Br. The molecule has 0 saturated carbocycles. The minimum absolute atomic E-state index is 0.138. The summed E-state index contributed by atoms with van der Waals surface area (Å²) in [6.45, 7) is 5.25. The van der Waals surface area contributed by atoms with Crippen LogP contribution in [0.25, 0.3) is 0 Å². The highest BCUT2D eigenvalue weighted by molar-refractivity contribution is 9.11. The van der Waals surface area contributed by atoms with Crippen LogP contribution < -0.4 is 0 Å². The molecular weight excluding hydrogens is 358 g/mol. The molecule has 4 heteroatoms. The molecule has 1 aromatic carbocycles. The third-order valence-electron chi connectivity index (χ3n) is 3.49. The number of amides is 1. The molecule has 0 bridgehead atoms. The van der Waals surface area contributed by atoms with Crippen LogP contribution in [-0.4, -0.2) is 23.4 Å². The van der Waals surface area contributed by atoms with E-state index in [-0.39, 0.29) is 5.91 Å². The number of rotatable bonds is 2. The van der Waals surface area contributed by atoms with Gasteiger partial charge in [-0.1, -0.05) is 29.8 Å². The highest BCUT2D eigenvalue weighted by Gasteiger charge is 2.32. The third-order valence-corrected chi connectivity index (χ3v) is 4.67. The van der Waals surface area contributed by atoms with Gasteiger partial charge in [0.1, 0.15) is 0 Å². The van der Waals surface area contributed by atoms with E-state index in [0.717, 1.165) is 33.9 Å². The number of carbonyl (C=O) groups is 1. The lowest BCUT2D eigenvalue weighted by Crippen LogP contribution is -2.38. The Morgan fingerprint density at radius 1 is 1.39 bits per heavy atom. The highest BCUT2D eigenvalue weighted by atomic mass is 79.9.